The number of anilines is 3. The number of unbranched alkanes of at least 4 members (excludes halogenated alkanes) is 3. The lowest BCUT2D eigenvalue weighted by molar-refractivity contribution is -0.144. The second-order valence-electron chi connectivity index (χ2n) is 20.3. The van der Waals surface area contributed by atoms with Gasteiger partial charge in [-0.25, -0.2) is 19.3 Å². The predicted molar refractivity (Wildman–Crippen MR) is 279 cm³/mol. The van der Waals surface area contributed by atoms with Crippen molar-refractivity contribution in [2.75, 3.05) is 62.7 Å². The van der Waals surface area contributed by atoms with Gasteiger partial charge in [-0.3, -0.25) is 24.1 Å². The van der Waals surface area contributed by atoms with Crippen LogP contribution in [0.2, 0.25) is 0 Å². The van der Waals surface area contributed by atoms with Crippen LogP contribution < -0.4 is 26.4 Å². The molecule has 19 heteroatoms. The number of aromatic hydroxyl groups is 1. The number of fused-ring (bicyclic) bond motifs is 1. The van der Waals surface area contributed by atoms with Gasteiger partial charge in [0.25, 0.3) is 5.56 Å². The van der Waals surface area contributed by atoms with E-state index in [9.17, 15) is 34.5 Å². The second-order valence-corrected chi connectivity index (χ2v) is 20.3. The smallest absolute Gasteiger partial charge is 0.278 e. The van der Waals surface area contributed by atoms with Gasteiger partial charge in [-0.05, 0) is 87.2 Å². The van der Waals surface area contributed by atoms with E-state index in [0.717, 1.165) is 69.8 Å². The number of hydrogen-bond acceptors (Lipinski definition) is 14. The SMILES string of the molecule is C#Cc1ccc(CNC(=O)[C@@H]2C[C@@H](O)CN2C(=O)[C@@H](NC(=O)COCCCCCCN2CCN(c3ccc(Nc4ncc5c(=O)n(CC=C)n(-c6cccc(C(C)(C)O)n6)c5n4)cc3)CC2)C(C)(C)C)c(O)c1. The average molecular weight is 1000 g/mol. The molecular formula is C54H69N11O8. The van der Waals surface area contributed by atoms with Crippen LogP contribution in [0.25, 0.3) is 16.9 Å². The summed E-state index contributed by atoms with van der Waals surface area (Å²) in [5.41, 5.74) is 1.52. The van der Waals surface area contributed by atoms with Gasteiger partial charge in [-0.2, -0.15) is 4.98 Å². The fourth-order valence-corrected chi connectivity index (χ4v) is 9.09. The van der Waals surface area contributed by atoms with Crippen LogP contribution >= 0.6 is 0 Å². The van der Waals surface area contributed by atoms with Crippen LogP contribution in [0.4, 0.5) is 17.3 Å². The van der Waals surface area contributed by atoms with Crippen molar-refractivity contribution in [3.05, 3.63) is 107 Å². The number of nitrogens with one attached hydrogen (secondary N) is 3. The van der Waals surface area contributed by atoms with Crippen LogP contribution in [0.5, 0.6) is 5.75 Å². The highest BCUT2D eigenvalue weighted by molar-refractivity contribution is 5.93. The van der Waals surface area contributed by atoms with Gasteiger partial charge in [0.05, 0.1) is 18.3 Å². The molecule has 3 amide bonds. The van der Waals surface area contributed by atoms with E-state index < -0.39 is 46.9 Å². The Labute approximate surface area is 426 Å². The topological polar surface area (TPSA) is 233 Å². The summed E-state index contributed by atoms with van der Waals surface area (Å²) in [6, 6.07) is 16.2. The number of allylic oxidation sites excluding steroid dienone is 1. The minimum Gasteiger partial charge on any atom is -0.508 e. The molecule has 3 aromatic heterocycles. The van der Waals surface area contributed by atoms with Crippen molar-refractivity contribution in [1.82, 2.24) is 44.7 Å². The molecule has 0 spiro atoms. The normalized spacial score (nSPS) is 16.8. The lowest BCUT2D eigenvalue weighted by Crippen LogP contribution is -2.58. The molecule has 0 aliphatic carbocycles. The molecule has 5 aromatic rings. The van der Waals surface area contributed by atoms with Gasteiger partial charge < -0.3 is 45.8 Å². The molecule has 2 aromatic carbocycles. The molecule has 5 heterocycles. The fraction of sp³-hybridized carbons (Fsp3) is 0.463. The first-order valence-electron chi connectivity index (χ1n) is 24.9. The molecule has 0 bridgehead atoms. The van der Waals surface area contributed by atoms with E-state index in [0.29, 0.717) is 46.2 Å². The van der Waals surface area contributed by atoms with Crippen molar-refractivity contribution in [1.29, 1.82) is 0 Å². The number of β-amino-alcohol motifs (C(OH)–C–C–N with tert-alkyl or cyclic N) is 1. The van der Waals surface area contributed by atoms with Crippen molar-refractivity contribution in [3.8, 4) is 23.9 Å². The van der Waals surface area contributed by atoms with Gasteiger partial charge in [0, 0.05) is 81.0 Å². The Morgan fingerprint density at radius 2 is 1.73 bits per heavy atom. The zero-order valence-electron chi connectivity index (χ0n) is 42.5. The number of pyridine rings is 1. The van der Waals surface area contributed by atoms with Crippen molar-refractivity contribution < 1.29 is 34.4 Å². The van der Waals surface area contributed by atoms with Gasteiger partial charge in [0.15, 0.2) is 11.5 Å². The van der Waals surface area contributed by atoms with Crippen LogP contribution in [-0.2, 0) is 37.8 Å². The number of rotatable bonds is 21. The number of hydrogen-bond donors (Lipinski definition) is 6. The van der Waals surface area contributed by atoms with E-state index in [1.54, 1.807) is 54.9 Å². The first-order chi connectivity index (χ1) is 34.8. The molecule has 2 aliphatic heterocycles. The van der Waals surface area contributed by atoms with Crippen molar-refractivity contribution in [3.63, 3.8) is 0 Å². The number of carbonyl (C=O) groups excluding carboxylic acids is 3. The lowest BCUT2D eigenvalue weighted by Gasteiger charge is -2.36. The zero-order valence-corrected chi connectivity index (χ0v) is 42.5. The fourth-order valence-electron chi connectivity index (χ4n) is 9.09. The molecule has 2 aliphatic rings. The first-order valence-corrected chi connectivity index (χ1v) is 24.9. The predicted octanol–water partition coefficient (Wildman–Crippen LogP) is 4.33. The van der Waals surface area contributed by atoms with Gasteiger partial charge in [0.2, 0.25) is 23.7 Å². The summed E-state index contributed by atoms with van der Waals surface area (Å²) in [4.78, 5) is 73.7. The maximum absolute atomic E-state index is 13.9. The van der Waals surface area contributed by atoms with E-state index in [-0.39, 0.29) is 44.0 Å². The van der Waals surface area contributed by atoms with Crippen molar-refractivity contribution in [2.45, 2.75) is 104 Å². The Hall–Kier alpha value is -7.11. The number of phenols is 1. The highest BCUT2D eigenvalue weighted by atomic mass is 16.5. The Morgan fingerprint density at radius 1 is 0.986 bits per heavy atom. The number of phenolic OH excluding ortho intramolecular Hbond substituents is 1. The lowest BCUT2D eigenvalue weighted by atomic mass is 9.85. The molecule has 2 saturated heterocycles. The Balaban J connectivity index is 0.804. The summed E-state index contributed by atoms with van der Waals surface area (Å²) in [5, 5.41) is 40.6. The Bertz CT molecular complexity index is 2850. The summed E-state index contributed by atoms with van der Waals surface area (Å²) >= 11 is 0. The van der Waals surface area contributed by atoms with Gasteiger partial charge >= 0.3 is 0 Å². The minimum absolute atomic E-state index is 0.000560. The molecular weight excluding hydrogens is 931 g/mol. The number of benzene rings is 2. The third kappa shape index (κ3) is 13.5. The largest absolute Gasteiger partial charge is 0.508 e. The Morgan fingerprint density at radius 3 is 2.41 bits per heavy atom. The number of terminal acetylenes is 1. The second kappa shape index (κ2) is 23.6. The summed E-state index contributed by atoms with van der Waals surface area (Å²) in [6.45, 7) is 17.7. The highest BCUT2D eigenvalue weighted by Crippen LogP contribution is 2.28. The number of ether oxygens (including phenoxy) is 1. The molecule has 0 unspecified atom stereocenters. The third-order valence-electron chi connectivity index (χ3n) is 13.2. The number of aromatic nitrogens is 5. The summed E-state index contributed by atoms with van der Waals surface area (Å²) < 4.78 is 8.84. The van der Waals surface area contributed by atoms with Crippen LogP contribution in [-0.4, -0.2) is 138 Å². The average Bonchev–Trinajstić information content (AvgIpc) is 3.89. The number of carbonyl (C=O) groups is 3. The number of nitrogens with zero attached hydrogens (tertiary/aromatic N) is 8. The number of piperazine rings is 1. The summed E-state index contributed by atoms with van der Waals surface area (Å²) in [5.74, 6) is 1.74. The van der Waals surface area contributed by atoms with E-state index in [1.807, 2.05) is 32.9 Å². The standard InChI is InChI=1S/C54H69N11O8/c1-8-23-64-50(70)41-33-56-52(60-48(41)65(64)45-16-14-15-44(58-45)54(6,7)72)57-38-19-21-39(22-20-38)62-27-25-61(26-28-62)24-12-10-11-13-29-73-35-46(68)59-47(53(3,4)5)51(71)63-34-40(66)31-42(63)49(69)55-32-37-18-17-36(9-2)30-43(37)67/h2,8,14-22,30,33,40,42,47,66-67,72H,1,10-13,23-29,31-32,34-35H2,3-7H3,(H,55,69)(H,59,68)(H,56,57,60)/t40-,42+,47-/m1/s1. The summed E-state index contributed by atoms with van der Waals surface area (Å²) in [6.07, 6.45) is 11.5. The third-order valence-corrected chi connectivity index (χ3v) is 13.2. The quantitative estimate of drug-likeness (QED) is 0.0342. The highest BCUT2D eigenvalue weighted by Gasteiger charge is 2.44. The number of aliphatic hydroxyl groups excluding tert-OH is 1. The summed E-state index contributed by atoms with van der Waals surface area (Å²) in [7, 11) is 0. The van der Waals surface area contributed by atoms with Crippen molar-refractivity contribution in [2.24, 2.45) is 5.41 Å². The molecule has 7 rings (SSSR count). The first kappa shape index (κ1) is 53.7. The molecule has 3 atom stereocenters. The molecule has 0 radical (unpaired) electrons. The van der Waals surface area contributed by atoms with Crippen LogP contribution in [0.1, 0.15) is 83.5 Å². The number of likely N-dealkylation sites (tertiary alicyclic amines) is 1. The minimum atomic E-state index is -1.19. The Kier molecular flexibility index (Phi) is 17.4. The molecule has 19 nitrogen and oxygen atoms in total. The molecule has 2 fully saturated rings. The molecule has 388 valence electrons. The number of aliphatic hydroxyl groups is 2. The van der Waals surface area contributed by atoms with Gasteiger partial charge in [0.1, 0.15) is 35.4 Å². The maximum atomic E-state index is 13.9. The van der Waals surface area contributed by atoms with E-state index >= 15 is 0 Å². The van der Waals surface area contributed by atoms with Crippen molar-refractivity contribution >= 4 is 46.1 Å². The molecule has 6 N–H and O–H groups in total. The van der Waals surface area contributed by atoms with Crippen LogP contribution in [0, 0.1) is 17.8 Å². The van der Waals surface area contributed by atoms with Crippen LogP contribution in [0.15, 0.2) is 84.3 Å². The zero-order chi connectivity index (χ0) is 52.5. The van der Waals surface area contributed by atoms with E-state index in [2.05, 4.69) is 60.4 Å². The monoisotopic (exact) mass is 1000 g/mol. The maximum Gasteiger partial charge on any atom is 0.278 e. The number of amides is 3. The molecule has 0 saturated carbocycles. The van der Waals surface area contributed by atoms with Gasteiger partial charge in [-0.1, -0.05) is 57.7 Å². The van der Waals surface area contributed by atoms with Crippen LogP contribution in [0.3, 0.4) is 0 Å². The molecule has 73 heavy (non-hydrogen) atoms. The van der Waals surface area contributed by atoms with E-state index in [1.165, 1.54) is 21.8 Å². The van der Waals surface area contributed by atoms with Gasteiger partial charge in [-0.15, -0.1) is 13.0 Å². The van der Waals surface area contributed by atoms with E-state index in [4.69, 9.17) is 16.1 Å².